The third-order valence-electron chi connectivity index (χ3n) is 5.65. The highest BCUT2D eigenvalue weighted by Gasteiger charge is 2.28. The number of fused-ring (bicyclic) bond motifs is 1. The van der Waals surface area contributed by atoms with Gasteiger partial charge in [-0.1, -0.05) is 18.2 Å². The molecule has 1 fully saturated rings. The lowest BCUT2D eigenvalue weighted by molar-refractivity contribution is 0.242. The van der Waals surface area contributed by atoms with Crippen LogP contribution in [0.3, 0.4) is 0 Å². The fourth-order valence-corrected chi connectivity index (χ4v) is 3.92. The van der Waals surface area contributed by atoms with Gasteiger partial charge in [0.2, 0.25) is 0 Å². The average molecular weight is 386 g/mol. The number of pyridine rings is 1. The van der Waals surface area contributed by atoms with Crippen molar-refractivity contribution in [2.45, 2.75) is 45.2 Å². The first-order valence-corrected chi connectivity index (χ1v) is 10.5. The predicted molar refractivity (Wildman–Crippen MR) is 113 cm³/mol. The Balaban J connectivity index is 1.25. The fraction of sp³-hybridized carbons (Fsp3) is 0.375. The Morgan fingerprint density at radius 1 is 1.10 bits per heavy atom. The van der Waals surface area contributed by atoms with Crippen molar-refractivity contribution in [2.75, 3.05) is 13.2 Å². The van der Waals surface area contributed by atoms with E-state index in [1.807, 2.05) is 31.3 Å². The summed E-state index contributed by atoms with van der Waals surface area (Å²) in [6.07, 6.45) is 7.56. The zero-order valence-corrected chi connectivity index (χ0v) is 16.8. The van der Waals surface area contributed by atoms with Gasteiger partial charge in [-0.15, -0.1) is 0 Å². The second-order valence-electron chi connectivity index (χ2n) is 7.95. The summed E-state index contributed by atoms with van der Waals surface area (Å²) in [5.74, 6) is 2.57. The summed E-state index contributed by atoms with van der Waals surface area (Å²) in [6, 6.07) is 12.4. The van der Waals surface area contributed by atoms with E-state index in [2.05, 4.69) is 34.3 Å². The highest BCUT2D eigenvalue weighted by molar-refractivity contribution is 5.61. The first-order chi connectivity index (χ1) is 14.3. The molecule has 0 atom stereocenters. The van der Waals surface area contributed by atoms with E-state index in [1.54, 1.807) is 0 Å². The molecule has 148 valence electrons. The lowest BCUT2D eigenvalue weighted by atomic mass is 10.1. The lowest BCUT2D eigenvalue weighted by Gasteiger charge is -2.28. The van der Waals surface area contributed by atoms with Crippen LogP contribution >= 0.6 is 0 Å². The molecule has 0 bridgehead atoms. The molecule has 1 aliphatic heterocycles. The molecule has 1 aliphatic carbocycles. The monoisotopic (exact) mass is 386 g/mol. The number of benzene rings is 1. The molecule has 2 aliphatic rings. The van der Waals surface area contributed by atoms with Crippen molar-refractivity contribution in [3.05, 3.63) is 71.4 Å². The first kappa shape index (κ1) is 18.3. The number of ether oxygens (including phenoxy) is 1. The molecule has 1 aromatic carbocycles. The third-order valence-corrected chi connectivity index (χ3v) is 5.65. The van der Waals surface area contributed by atoms with E-state index in [4.69, 9.17) is 14.7 Å². The van der Waals surface area contributed by atoms with E-state index in [0.29, 0.717) is 12.5 Å². The van der Waals surface area contributed by atoms with Crippen LogP contribution in [-0.2, 0) is 19.5 Å². The summed E-state index contributed by atoms with van der Waals surface area (Å²) in [4.78, 5) is 16.6. The maximum Gasteiger partial charge on any atom is 0.131 e. The maximum absolute atomic E-state index is 5.60. The second kappa shape index (κ2) is 7.91. The standard InChI is InChI=1S/C24H26N4O/c1-2-29-21-5-3-4-19(12-21)22-9-6-17(13-25-22)15-28-11-10-23-20(16-28)14-26-24(27-23)18-7-8-18/h3-6,9,12-14,18H,2,7-8,10-11,15-16H2,1H3. The molecule has 5 heteroatoms. The Hall–Kier alpha value is -2.79. The SMILES string of the molecule is CCOc1cccc(-c2ccc(CN3CCc4nc(C5CC5)ncc4C3)cn2)c1. The molecule has 3 aromatic rings. The Labute approximate surface area is 171 Å². The second-order valence-corrected chi connectivity index (χ2v) is 7.95. The van der Waals surface area contributed by atoms with E-state index >= 15 is 0 Å². The summed E-state index contributed by atoms with van der Waals surface area (Å²) in [5.41, 5.74) is 5.81. The van der Waals surface area contributed by atoms with Gasteiger partial charge in [0.15, 0.2) is 0 Å². The van der Waals surface area contributed by atoms with Crippen molar-refractivity contribution in [3.63, 3.8) is 0 Å². The quantitative estimate of drug-likeness (QED) is 0.629. The smallest absolute Gasteiger partial charge is 0.131 e. The normalized spacial score (nSPS) is 16.4. The van der Waals surface area contributed by atoms with Gasteiger partial charge in [-0.05, 0) is 43.5 Å². The fourth-order valence-electron chi connectivity index (χ4n) is 3.92. The predicted octanol–water partition coefficient (Wildman–Crippen LogP) is 4.37. The van der Waals surface area contributed by atoms with Gasteiger partial charge in [0.25, 0.3) is 0 Å². The largest absolute Gasteiger partial charge is 0.494 e. The van der Waals surface area contributed by atoms with Crippen molar-refractivity contribution < 1.29 is 4.74 Å². The highest BCUT2D eigenvalue weighted by atomic mass is 16.5. The van der Waals surface area contributed by atoms with Gasteiger partial charge in [0.05, 0.1) is 12.3 Å². The van der Waals surface area contributed by atoms with Crippen LogP contribution < -0.4 is 4.74 Å². The Morgan fingerprint density at radius 3 is 2.83 bits per heavy atom. The molecule has 5 rings (SSSR count). The minimum absolute atomic E-state index is 0.622. The molecule has 0 amide bonds. The van der Waals surface area contributed by atoms with E-state index in [-0.39, 0.29) is 0 Å². The zero-order valence-electron chi connectivity index (χ0n) is 16.8. The number of aromatic nitrogens is 3. The van der Waals surface area contributed by atoms with Crippen LogP contribution in [0.15, 0.2) is 48.8 Å². The minimum atomic E-state index is 0.622. The van der Waals surface area contributed by atoms with E-state index in [9.17, 15) is 0 Å². The summed E-state index contributed by atoms with van der Waals surface area (Å²) in [5, 5.41) is 0. The van der Waals surface area contributed by atoms with Crippen LogP contribution in [0.4, 0.5) is 0 Å². The van der Waals surface area contributed by atoms with Gasteiger partial charge in [-0.3, -0.25) is 9.88 Å². The summed E-state index contributed by atoms with van der Waals surface area (Å²) in [6.45, 7) is 5.51. The molecule has 0 saturated heterocycles. The van der Waals surface area contributed by atoms with Gasteiger partial charge in [0, 0.05) is 61.2 Å². The maximum atomic E-state index is 5.60. The molecule has 1 saturated carbocycles. The van der Waals surface area contributed by atoms with Crippen molar-refractivity contribution in [1.29, 1.82) is 0 Å². The van der Waals surface area contributed by atoms with Crippen molar-refractivity contribution in [2.24, 2.45) is 0 Å². The van der Waals surface area contributed by atoms with E-state index < -0.39 is 0 Å². The Kier molecular flexibility index (Phi) is 4.98. The van der Waals surface area contributed by atoms with Crippen LogP contribution in [0.1, 0.15) is 48.3 Å². The topological polar surface area (TPSA) is 51.1 Å². The van der Waals surface area contributed by atoms with Crippen LogP contribution in [0, 0.1) is 0 Å². The Bertz CT molecular complexity index is 998. The first-order valence-electron chi connectivity index (χ1n) is 10.5. The van der Waals surface area contributed by atoms with Crippen LogP contribution in [0.5, 0.6) is 5.75 Å². The number of rotatable bonds is 6. The summed E-state index contributed by atoms with van der Waals surface area (Å²) in [7, 11) is 0. The van der Waals surface area contributed by atoms with Gasteiger partial charge < -0.3 is 4.74 Å². The molecule has 3 heterocycles. The molecule has 0 unspecified atom stereocenters. The van der Waals surface area contributed by atoms with Gasteiger partial charge in [-0.2, -0.15) is 0 Å². The third kappa shape index (κ3) is 4.15. The van der Waals surface area contributed by atoms with Crippen molar-refractivity contribution in [1.82, 2.24) is 19.9 Å². The van der Waals surface area contributed by atoms with E-state index in [1.165, 1.54) is 29.7 Å². The number of nitrogens with zero attached hydrogens (tertiary/aromatic N) is 4. The summed E-state index contributed by atoms with van der Waals surface area (Å²) >= 11 is 0. The lowest BCUT2D eigenvalue weighted by Crippen LogP contribution is -2.31. The molecular weight excluding hydrogens is 360 g/mol. The van der Waals surface area contributed by atoms with Gasteiger partial charge in [-0.25, -0.2) is 9.97 Å². The highest BCUT2D eigenvalue weighted by Crippen LogP contribution is 2.38. The van der Waals surface area contributed by atoms with Crippen LogP contribution in [0.25, 0.3) is 11.3 Å². The number of hydrogen-bond donors (Lipinski definition) is 0. The average Bonchev–Trinajstić information content (AvgIpc) is 3.60. The molecule has 0 radical (unpaired) electrons. The van der Waals surface area contributed by atoms with Crippen LogP contribution in [-0.4, -0.2) is 33.0 Å². The Morgan fingerprint density at radius 2 is 2.03 bits per heavy atom. The molecule has 29 heavy (non-hydrogen) atoms. The molecule has 0 spiro atoms. The van der Waals surface area contributed by atoms with Gasteiger partial charge >= 0.3 is 0 Å². The van der Waals surface area contributed by atoms with Crippen molar-refractivity contribution in [3.8, 4) is 17.0 Å². The molecular formula is C24H26N4O. The van der Waals surface area contributed by atoms with Gasteiger partial charge in [0.1, 0.15) is 11.6 Å². The summed E-state index contributed by atoms with van der Waals surface area (Å²) < 4.78 is 5.60. The molecule has 2 aromatic heterocycles. The minimum Gasteiger partial charge on any atom is -0.494 e. The van der Waals surface area contributed by atoms with Crippen molar-refractivity contribution >= 4 is 0 Å². The number of hydrogen-bond acceptors (Lipinski definition) is 5. The molecule has 5 nitrogen and oxygen atoms in total. The van der Waals surface area contributed by atoms with Crippen LogP contribution in [0.2, 0.25) is 0 Å². The zero-order chi connectivity index (χ0) is 19.6. The van der Waals surface area contributed by atoms with E-state index in [0.717, 1.165) is 48.9 Å². The molecule has 0 N–H and O–H groups in total.